The van der Waals surface area contributed by atoms with Gasteiger partial charge in [-0.1, -0.05) is 38.1 Å². The van der Waals surface area contributed by atoms with E-state index in [1.807, 2.05) is 13.8 Å². The van der Waals surface area contributed by atoms with Crippen LogP contribution < -0.4 is 5.32 Å². The van der Waals surface area contributed by atoms with Crippen LogP contribution in [-0.2, 0) is 15.9 Å². The van der Waals surface area contributed by atoms with Crippen LogP contribution in [0.15, 0.2) is 24.3 Å². The highest BCUT2D eigenvalue weighted by Crippen LogP contribution is 2.21. The fraction of sp³-hybridized carbons (Fsp3) is 0.647. The monoisotopic (exact) mass is 279 g/mol. The molecule has 0 fully saturated rings. The molecule has 0 aliphatic rings. The molecule has 1 rings (SSSR count). The van der Waals surface area contributed by atoms with E-state index in [1.165, 1.54) is 11.1 Å². The molecule has 20 heavy (non-hydrogen) atoms. The van der Waals surface area contributed by atoms with E-state index in [0.29, 0.717) is 13.2 Å². The molecule has 1 unspecified atom stereocenters. The molecule has 1 aromatic carbocycles. The summed E-state index contributed by atoms with van der Waals surface area (Å²) in [5.41, 5.74) is 2.58. The Labute approximate surface area is 123 Å². The molecular formula is C17H29NO2. The highest BCUT2D eigenvalue weighted by molar-refractivity contribution is 5.25. The van der Waals surface area contributed by atoms with Crippen molar-refractivity contribution in [2.45, 2.75) is 52.9 Å². The van der Waals surface area contributed by atoms with Gasteiger partial charge in [0, 0.05) is 13.2 Å². The SMILES string of the molecule is CCCNC(c1ccc(CC)cc1)C(OCC)OCC. The van der Waals surface area contributed by atoms with Crippen molar-refractivity contribution in [3.05, 3.63) is 35.4 Å². The molecule has 3 heteroatoms. The Bertz CT molecular complexity index is 345. The summed E-state index contributed by atoms with van der Waals surface area (Å²) in [6.07, 6.45) is 1.92. The Kier molecular flexibility index (Phi) is 8.51. The summed E-state index contributed by atoms with van der Waals surface area (Å²) in [5.74, 6) is 0. The third-order valence-electron chi connectivity index (χ3n) is 3.30. The van der Waals surface area contributed by atoms with Crippen molar-refractivity contribution < 1.29 is 9.47 Å². The van der Waals surface area contributed by atoms with E-state index in [2.05, 4.69) is 43.4 Å². The lowest BCUT2D eigenvalue weighted by molar-refractivity contribution is -0.155. The molecule has 0 heterocycles. The van der Waals surface area contributed by atoms with E-state index >= 15 is 0 Å². The Morgan fingerprint density at radius 3 is 2.00 bits per heavy atom. The van der Waals surface area contributed by atoms with Gasteiger partial charge in [0.25, 0.3) is 0 Å². The van der Waals surface area contributed by atoms with Gasteiger partial charge in [-0.05, 0) is 44.4 Å². The van der Waals surface area contributed by atoms with Crippen LogP contribution in [0, 0.1) is 0 Å². The van der Waals surface area contributed by atoms with Gasteiger partial charge in [-0.15, -0.1) is 0 Å². The molecule has 0 amide bonds. The Balaban J connectivity index is 2.88. The zero-order valence-corrected chi connectivity index (χ0v) is 13.3. The topological polar surface area (TPSA) is 30.5 Å². The predicted octanol–water partition coefficient (Wildman–Crippen LogP) is 3.69. The highest BCUT2D eigenvalue weighted by Gasteiger charge is 2.23. The number of ether oxygens (including phenoxy) is 2. The molecule has 114 valence electrons. The second-order valence-electron chi connectivity index (χ2n) is 4.81. The zero-order chi connectivity index (χ0) is 14.8. The summed E-state index contributed by atoms with van der Waals surface area (Å²) in [4.78, 5) is 0. The van der Waals surface area contributed by atoms with Gasteiger partial charge >= 0.3 is 0 Å². The second kappa shape index (κ2) is 9.92. The van der Waals surface area contributed by atoms with Crippen LogP contribution in [0.1, 0.15) is 51.3 Å². The first-order chi connectivity index (χ1) is 9.76. The van der Waals surface area contributed by atoms with Crippen LogP contribution in [0.2, 0.25) is 0 Å². The summed E-state index contributed by atoms with van der Waals surface area (Å²) < 4.78 is 11.5. The van der Waals surface area contributed by atoms with Gasteiger partial charge in [-0.3, -0.25) is 0 Å². The van der Waals surface area contributed by atoms with Crippen LogP contribution in [0.4, 0.5) is 0 Å². The Morgan fingerprint density at radius 2 is 1.55 bits per heavy atom. The average Bonchev–Trinajstić information content (AvgIpc) is 2.48. The summed E-state index contributed by atoms with van der Waals surface area (Å²) in [5, 5.41) is 3.54. The summed E-state index contributed by atoms with van der Waals surface area (Å²) in [6.45, 7) is 10.6. The molecule has 0 saturated heterocycles. The van der Waals surface area contributed by atoms with Crippen LogP contribution in [0.3, 0.4) is 0 Å². The van der Waals surface area contributed by atoms with E-state index in [-0.39, 0.29) is 12.3 Å². The summed E-state index contributed by atoms with van der Waals surface area (Å²) >= 11 is 0. The molecule has 1 atom stereocenters. The first-order valence-electron chi connectivity index (χ1n) is 7.82. The molecule has 0 bridgehead atoms. The first kappa shape index (κ1) is 17.2. The van der Waals surface area contributed by atoms with Crippen molar-refractivity contribution in [3.63, 3.8) is 0 Å². The largest absolute Gasteiger partial charge is 0.351 e. The first-order valence-corrected chi connectivity index (χ1v) is 7.82. The number of rotatable bonds is 10. The highest BCUT2D eigenvalue weighted by atomic mass is 16.7. The lowest BCUT2D eigenvalue weighted by Crippen LogP contribution is -2.36. The van der Waals surface area contributed by atoms with Gasteiger partial charge in [-0.2, -0.15) is 0 Å². The molecule has 1 N–H and O–H groups in total. The lowest BCUT2D eigenvalue weighted by atomic mass is 10.0. The van der Waals surface area contributed by atoms with Crippen LogP contribution >= 0.6 is 0 Å². The van der Waals surface area contributed by atoms with Crippen LogP contribution in [0.25, 0.3) is 0 Å². The average molecular weight is 279 g/mol. The molecule has 0 aliphatic carbocycles. The minimum Gasteiger partial charge on any atom is -0.351 e. The molecule has 0 saturated carbocycles. The lowest BCUT2D eigenvalue weighted by Gasteiger charge is -2.28. The van der Waals surface area contributed by atoms with Crippen molar-refractivity contribution in [1.82, 2.24) is 5.32 Å². The molecular weight excluding hydrogens is 250 g/mol. The molecule has 0 aromatic heterocycles. The normalized spacial score (nSPS) is 12.8. The molecule has 1 aromatic rings. The van der Waals surface area contributed by atoms with E-state index < -0.39 is 0 Å². The standard InChI is InChI=1S/C17H29NO2/c1-5-13-18-16(17(19-7-3)20-8-4)15-11-9-14(6-2)10-12-15/h9-12,16-18H,5-8,13H2,1-4H3. The summed E-state index contributed by atoms with van der Waals surface area (Å²) in [7, 11) is 0. The van der Waals surface area contributed by atoms with Crippen molar-refractivity contribution >= 4 is 0 Å². The van der Waals surface area contributed by atoms with E-state index in [4.69, 9.17) is 9.47 Å². The predicted molar refractivity (Wildman–Crippen MR) is 83.9 cm³/mol. The van der Waals surface area contributed by atoms with Crippen molar-refractivity contribution in [3.8, 4) is 0 Å². The van der Waals surface area contributed by atoms with Gasteiger partial charge in [0.15, 0.2) is 6.29 Å². The van der Waals surface area contributed by atoms with Crippen molar-refractivity contribution in [2.75, 3.05) is 19.8 Å². The molecule has 0 radical (unpaired) electrons. The molecule has 3 nitrogen and oxygen atoms in total. The third kappa shape index (κ3) is 5.23. The minimum atomic E-state index is -0.232. The Morgan fingerprint density at radius 1 is 0.950 bits per heavy atom. The Hall–Kier alpha value is -0.900. The van der Waals surface area contributed by atoms with E-state index in [9.17, 15) is 0 Å². The maximum absolute atomic E-state index is 5.77. The maximum Gasteiger partial charge on any atom is 0.176 e. The maximum atomic E-state index is 5.77. The molecule has 0 aliphatic heterocycles. The van der Waals surface area contributed by atoms with Crippen molar-refractivity contribution in [2.24, 2.45) is 0 Å². The second-order valence-corrected chi connectivity index (χ2v) is 4.81. The van der Waals surface area contributed by atoms with Crippen LogP contribution in [0.5, 0.6) is 0 Å². The zero-order valence-electron chi connectivity index (χ0n) is 13.3. The van der Waals surface area contributed by atoms with Gasteiger partial charge < -0.3 is 14.8 Å². The van der Waals surface area contributed by atoms with Gasteiger partial charge in [0.05, 0.1) is 6.04 Å². The van der Waals surface area contributed by atoms with Gasteiger partial charge in [0.1, 0.15) is 0 Å². The van der Waals surface area contributed by atoms with E-state index in [0.717, 1.165) is 19.4 Å². The quantitative estimate of drug-likeness (QED) is 0.663. The van der Waals surface area contributed by atoms with Crippen molar-refractivity contribution in [1.29, 1.82) is 0 Å². The molecule has 0 spiro atoms. The number of benzene rings is 1. The third-order valence-corrected chi connectivity index (χ3v) is 3.30. The van der Waals surface area contributed by atoms with Gasteiger partial charge in [-0.25, -0.2) is 0 Å². The summed E-state index contributed by atoms with van der Waals surface area (Å²) in [6, 6.07) is 8.81. The minimum absolute atomic E-state index is 0.0840. The smallest absolute Gasteiger partial charge is 0.176 e. The fourth-order valence-electron chi connectivity index (χ4n) is 2.20. The van der Waals surface area contributed by atoms with Gasteiger partial charge in [0.2, 0.25) is 0 Å². The fourth-order valence-corrected chi connectivity index (χ4v) is 2.20. The number of nitrogens with one attached hydrogen (secondary N) is 1. The number of hydrogen-bond donors (Lipinski definition) is 1. The number of hydrogen-bond acceptors (Lipinski definition) is 3. The van der Waals surface area contributed by atoms with Crippen LogP contribution in [-0.4, -0.2) is 26.0 Å². The van der Waals surface area contributed by atoms with E-state index in [1.54, 1.807) is 0 Å². The number of aryl methyl sites for hydroxylation is 1.